The molecule has 0 saturated carbocycles. The van der Waals surface area contributed by atoms with E-state index in [1.165, 1.54) is 21.4 Å². The minimum atomic E-state index is -0.340. The van der Waals surface area contributed by atoms with Gasteiger partial charge in [0.15, 0.2) is 0 Å². The van der Waals surface area contributed by atoms with Crippen molar-refractivity contribution in [3.05, 3.63) is 80.4 Å². The second-order valence-corrected chi connectivity index (χ2v) is 10.2. The van der Waals surface area contributed by atoms with Gasteiger partial charge in [0.05, 0.1) is 17.0 Å². The van der Waals surface area contributed by atoms with E-state index < -0.39 is 0 Å². The van der Waals surface area contributed by atoms with E-state index in [0.717, 1.165) is 48.6 Å². The van der Waals surface area contributed by atoms with Crippen LogP contribution in [0.4, 0.5) is 10.2 Å². The number of aromatic nitrogens is 2. The monoisotopic (exact) mass is 510 g/mol. The molecule has 182 valence electrons. The third-order valence-corrected chi connectivity index (χ3v) is 7.11. The molecule has 1 aliphatic rings. The number of hydrogen-bond acceptors (Lipinski definition) is 6. The minimum Gasteiger partial charge on any atom is -0.369 e. The zero-order valence-corrected chi connectivity index (χ0v) is 21.3. The van der Waals surface area contributed by atoms with Crippen molar-refractivity contribution in [1.29, 1.82) is 0 Å². The molecule has 1 amide bonds. The normalized spacial score (nSPS) is 14.9. The number of rotatable bonds is 9. The fourth-order valence-corrected chi connectivity index (χ4v) is 5.06. The summed E-state index contributed by atoms with van der Waals surface area (Å²) in [6.07, 6.45) is 7.67. The van der Waals surface area contributed by atoms with Crippen LogP contribution in [0.5, 0.6) is 0 Å². The summed E-state index contributed by atoms with van der Waals surface area (Å²) >= 11 is 6.60. The Hall–Kier alpha value is -3.04. The summed E-state index contributed by atoms with van der Waals surface area (Å²) in [5.41, 5.74) is 2.31. The van der Waals surface area contributed by atoms with Crippen molar-refractivity contribution >= 4 is 51.7 Å². The first-order valence-electron chi connectivity index (χ1n) is 11.6. The number of benzene rings is 1. The minimum absolute atomic E-state index is 0.235. The molecular weight excluding hydrogens is 483 g/mol. The van der Waals surface area contributed by atoms with Gasteiger partial charge in [-0.25, -0.2) is 9.37 Å². The molecule has 1 aliphatic heterocycles. The maximum Gasteiger partial charge on any atom is 0.267 e. The van der Waals surface area contributed by atoms with Crippen molar-refractivity contribution in [3.8, 4) is 0 Å². The number of nitrogens with one attached hydrogen (secondary N) is 1. The fraction of sp³-hybridized carbons (Fsp3) is 0.308. The summed E-state index contributed by atoms with van der Waals surface area (Å²) in [6, 6.07) is 9.67. The quantitative estimate of drug-likeness (QED) is 0.232. The molecule has 2 aromatic heterocycles. The summed E-state index contributed by atoms with van der Waals surface area (Å²) in [5, 5.41) is 3.30. The Morgan fingerprint density at radius 1 is 1.11 bits per heavy atom. The number of thioether (sulfide) groups is 1. The topological polar surface area (TPSA) is 66.7 Å². The van der Waals surface area contributed by atoms with Gasteiger partial charge in [-0.3, -0.25) is 18.9 Å². The van der Waals surface area contributed by atoms with Crippen LogP contribution in [0.2, 0.25) is 0 Å². The van der Waals surface area contributed by atoms with E-state index in [1.54, 1.807) is 24.4 Å². The van der Waals surface area contributed by atoms with Crippen LogP contribution in [0.3, 0.4) is 0 Å². The van der Waals surface area contributed by atoms with Gasteiger partial charge in [-0.15, -0.1) is 0 Å². The Morgan fingerprint density at radius 2 is 1.89 bits per heavy atom. The summed E-state index contributed by atoms with van der Waals surface area (Å²) in [6.45, 7) is 4.98. The number of pyridine rings is 1. The lowest BCUT2D eigenvalue weighted by Gasteiger charge is -2.14. The third kappa shape index (κ3) is 5.79. The number of amides is 1. The SMILES string of the molecule is CCCCCCNc1nc2ccc(C)cn2c(=O)c1C=C1SC(=S)N(Cc2ccc(F)cc2)C1=O. The first kappa shape index (κ1) is 25.1. The van der Waals surface area contributed by atoms with Gasteiger partial charge in [-0.2, -0.15) is 0 Å². The van der Waals surface area contributed by atoms with E-state index in [1.807, 2.05) is 19.1 Å². The molecule has 9 heteroatoms. The van der Waals surface area contributed by atoms with Crippen molar-refractivity contribution < 1.29 is 9.18 Å². The van der Waals surface area contributed by atoms with Gasteiger partial charge >= 0.3 is 0 Å². The fourth-order valence-electron chi connectivity index (χ4n) is 3.82. The van der Waals surface area contributed by atoms with E-state index in [4.69, 9.17) is 12.2 Å². The van der Waals surface area contributed by atoms with Crippen molar-refractivity contribution in [3.63, 3.8) is 0 Å². The molecule has 3 aromatic rings. The number of fused-ring (bicyclic) bond motifs is 1. The highest BCUT2D eigenvalue weighted by Crippen LogP contribution is 2.34. The molecule has 35 heavy (non-hydrogen) atoms. The van der Waals surface area contributed by atoms with E-state index in [9.17, 15) is 14.0 Å². The average molecular weight is 511 g/mol. The average Bonchev–Trinajstić information content (AvgIpc) is 3.10. The maximum atomic E-state index is 13.5. The summed E-state index contributed by atoms with van der Waals surface area (Å²) in [5.74, 6) is -0.167. The number of hydrogen-bond donors (Lipinski definition) is 1. The Bertz CT molecular complexity index is 1350. The molecule has 1 N–H and O–H groups in total. The zero-order chi connectivity index (χ0) is 24.9. The van der Waals surface area contributed by atoms with Crippen molar-refractivity contribution in [2.45, 2.75) is 46.1 Å². The highest BCUT2D eigenvalue weighted by molar-refractivity contribution is 8.26. The van der Waals surface area contributed by atoms with Gasteiger partial charge in [0, 0.05) is 12.7 Å². The molecule has 0 aliphatic carbocycles. The van der Waals surface area contributed by atoms with Crippen LogP contribution in [0, 0.1) is 12.7 Å². The largest absolute Gasteiger partial charge is 0.369 e. The Kier molecular flexibility index (Phi) is 7.97. The lowest BCUT2D eigenvalue weighted by molar-refractivity contribution is -0.122. The van der Waals surface area contributed by atoms with Crippen molar-refractivity contribution in [2.75, 3.05) is 11.9 Å². The molecule has 4 rings (SSSR count). The lowest BCUT2D eigenvalue weighted by atomic mass is 10.2. The molecule has 1 fully saturated rings. The second kappa shape index (κ2) is 11.1. The molecule has 0 bridgehead atoms. The van der Waals surface area contributed by atoms with E-state index in [0.29, 0.717) is 32.8 Å². The van der Waals surface area contributed by atoms with E-state index >= 15 is 0 Å². The Balaban J connectivity index is 1.67. The number of anilines is 1. The zero-order valence-electron chi connectivity index (χ0n) is 19.7. The Labute approximate surface area is 213 Å². The molecule has 0 unspecified atom stereocenters. The summed E-state index contributed by atoms with van der Waals surface area (Å²) in [4.78, 5) is 33.1. The van der Waals surface area contributed by atoms with Gasteiger partial charge in [-0.1, -0.05) is 68.4 Å². The number of thiocarbonyl (C=S) groups is 1. The van der Waals surface area contributed by atoms with Gasteiger partial charge in [-0.05, 0) is 48.7 Å². The van der Waals surface area contributed by atoms with E-state index in [-0.39, 0.29) is 23.8 Å². The van der Waals surface area contributed by atoms with Crippen molar-refractivity contribution in [2.24, 2.45) is 0 Å². The van der Waals surface area contributed by atoms with Crippen LogP contribution in [-0.2, 0) is 11.3 Å². The standard InChI is InChI=1S/C26H27FN4O2S2/c1-3-4-5-6-13-28-23-20(24(32)30-15-17(2)7-12-22(30)29-23)14-21-25(33)31(26(34)35-21)16-18-8-10-19(27)11-9-18/h7-12,14-15,28H,3-6,13,16H2,1-2H3. The third-order valence-electron chi connectivity index (χ3n) is 5.73. The van der Waals surface area contributed by atoms with E-state index in [2.05, 4.69) is 17.2 Å². The van der Waals surface area contributed by atoms with Crippen LogP contribution >= 0.6 is 24.0 Å². The molecule has 0 atom stereocenters. The Morgan fingerprint density at radius 3 is 2.63 bits per heavy atom. The van der Waals surface area contributed by atoms with Crippen LogP contribution in [0.1, 0.15) is 49.3 Å². The lowest BCUT2D eigenvalue weighted by Crippen LogP contribution is -2.27. The number of carbonyl (C=O) groups excluding carboxylic acids is 1. The number of carbonyl (C=O) groups is 1. The number of aryl methyl sites for hydroxylation is 1. The summed E-state index contributed by atoms with van der Waals surface area (Å²) < 4.78 is 15.2. The van der Waals surface area contributed by atoms with Crippen LogP contribution in [-0.4, -0.2) is 31.1 Å². The molecular formula is C26H27FN4O2S2. The van der Waals surface area contributed by atoms with Gasteiger partial charge in [0.25, 0.3) is 11.5 Å². The second-order valence-electron chi connectivity index (χ2n) is 8.50. The first-order valence-corrected chi connectivity index (χ1v) is 12.9. The predicted molar refractivity (Wildman–Crippen MR) is 144 cm³/mol. The molecule has 6 nitrogen and oxygen atoms in total. The highest BCUT2D eigenvalue weighted by Gasteiger charge is 2.32. The van der Waals surface area contributed by atoms with Gasteiger partial charge in [0.1, 0.15) is 21.6 Å². The predicted octanol–water partition coefficient (Wildman–Crippen LogP) is 5.54. The maximum absolute atomic E-state index is 13.5. The van der Waals surface area contributed by atoms with Crippen molar-refractivity contribution in [1.82, 2.24) is 14.3 Å². The van der Waals surface area contributed by atoms with Crippen LogP contribution < -0.4 is 10.9 Å². The number of nitrogens with zero attached hydrogens (tertiary/aromatic N) is 3. The molecule has 3 heterocycles. The number of unbranched alkanes of at least 4 members (excludes halogenated alkanes) is 3. The molecule has 1 aromatic carbocycles. The molecule has 1 saturated heterocycles. The van der Waals surface area contributed by atoms with Crippen LogP contribution in [0.15, 0.2) is 52.3 Å². The van der Waals surface area contributed by atoms with Gasteiger partial charge < -0.3 is 5.32 Å². The summed E-state index contributed by atoms with van der Waals surface area (Å²) in [7, 11) is 0. The van der Waals surface area contributed by atoms with Crippen LogP contribution in [0.25, 0.3) is 11.7 Å². The highest BCUT2D eigenvalue weighted by atomic mass is 32.2. The molecule has 0 spiro atoms. The smallest absolute Gasteiger partial charge is 0.267 e. The number of halogens is 1. The first-order chi connectivity index (χ1) is 16.9. The molecule has 0 radical (unpaired) electrons. The van der Waals surface area contributed by atoms with Gasteiger partial charge in [0.2, 0.25) is 0 Å².